The predicted molar refractivity (Wildman–Crippen MR) is 90.5 cm³/mol. The van der Waals surface area contributed by atoms with Crippen LogP contribution in [0.4, 0.5) is 0 Å². The molecule has 0 spiro atoms. The van der Waals surface area contributed by atoms with Crippen molar-refractivity contribution in [2.75, 3.05) is 6.26 Å². The zero-order chi connectivity index (χ0) is 15.0. The highest BCUT2D eigenvalue weighted by molar-refractivity contribution is 8.19. The summed E-state index contributed by atoms with van der Waals surface area (Å²) in [6.45, 7) is 4.43. The van der Waals surface area contributed by atoms with Gasteiger partial charge in [0.2, 0.25) is 0 Å². The molecule has 0 radical (unpaired) electrons. The SMILES string of the molecule is CSC1=C2C=NC(CC(C)C)CC2=C(c2ccn[nH]2)S1=O. The molecule has 3 heterocycles. The van der Waals surface area contributed by atoms with Crippen LogP contribution in [0.15, 0.2) is 32.6 Å². The number of H-pyrrole nitrogens is 1. The van der Waals surface area contributed by atoms with Crippen LogP contribution in [0.5, 0.6) is 0 Å². The summed E-state index contributed by atoms with van der Waals surface area (Å²) in [5.41, 5.74) is 3.11. The van der Waals surface area contributed by atoms with E-state index in [9.17, 15) is 4.21 Å². The van der Waals surface area contributed by atoms with Crippen LogP contribution in [0.3, 0.4) is 0 Å². The molecule has 1 aromatic rings. The highest BCUT2D eigenvalue weighted by Crippen LogP contribution is 2.45. The fourth-order valence-electron chi connectivity index (χ4n) is 2.87. The normalized spacial score (nSPS) is 25.1. The highest BCUT2D eigenvalue weighted by atomic mass is 32.2. The summed E-state index contributed by atoms with van der Waals surface area (Å²) < 4.78 is 13.7. The molecule has 2 aliphatic rings. The Kier molecular flexibility index (Phi) is 4.17. The Labute approximate surface area is 131 Å². The minimum Gasteiger partial charge on any atom is -0.289 e. The minimum absolute atomic E-state index is 0.292. The molecule has 3 rings (SSSR count). The number of hydrogen-bond donors (Lipinski definition) is 1. The van der Waals surface area contributed by atoms with Crippen LogP contribution in [0.1, 0.15) is 32.4 Å². The largest absolute Gasteiger partial charge is 0.289 e. The smallest absolute Gasteiger partial charge is 0.0946 e. The number of hydrogen-bond acceptors (Lipinski definition) is 4. The van der Waals surface area contributed by atoms with Gasteiger partial charge in [-0.05, 0) is 36.7 Å². The van der Waals surface area contributed by atoms with Crippen LogP contribution in [0.25, 0.3) is 4.91 Å². The Morgan fingerprint density at radius 1 is 1.52 bits per heavy atom. The topological polar surface area (TPSA) is 58.1 Å². The molecular formula is C15H19N3OS2. The van der Waals surface area contributed by atoms with Crippen molar-refractivity contribution in [3.63, 3.8) is 0 Å². The fraction of sp³-hybridized carbons (Fsp3) is 0.467. The number of aliphatic imine (C=N–C) groups is 1. The fourth-order valence-corrected chi connectivity index (χ4v) is 5.41. The number of rotatable bonds is 4. The van der Waals surface area contributed by atoms with E-state index in [1.807, 2.05) is 18.5 Å². The lowest BCUT2D eigenvalue weighted by Gasteiger charge is -2.21. The van der Waals surface area contributed by atoms with E-state index in [-0.39, 0.29) is 0 Å². The van der Waals surface area contributed by atoms with Gasteiger partial charge in [0.15, 0.2) is 0 Å². The van der Waals surface area contributed by atoms with Gasteiger partial charge in [0, 0.05) is 18.0 Å². The van der Waals surface area contributed by atoms with Crippen molar-refractivity contribution in [1.82, 2.24) is 10.2 Å². The second-order valence-electron chi connectivity index (χ2n) is 5.72. The number of thioether (sulfide) groups is 1. The van der Waals surface area contributed by atoms with Crippen molar-refractivity contribution in [3.05, 3.63) is 33.3 Å². The van der Waals surface area contributed by atoms with Crippen molar-refractivity contribution in [1.29, 1.82) is 0 Å². The van der Waals surface area contributed by atoms with E-state index in [4.69, 9.17) is 0 Å². The van der Waals surface area contributed by atoms with Gasteiger partial charge in [-0.1, -0.05) is 13.8 Å². The molecule has 6 heteroatoms. The number of allylic oxidation sites excluding steroid dienone is 1. The molecule has 1 aromatic heterocycles. The maximum Gasteiger partial charge on any atom is 0.0946 e. The molecule has 0 amide bonds. The summed E-state index contributed by atoms with van der Waals surface area (Å²) in [5.74, 6) is 0.612. The molecule has 1 N–H and O–H groups in total. The van der Waals surface area contributed by atoms with E-state index in [0.717, 1.165) is 33.3 Å². The van der Waals surface area contributed by atoms with Crippen molar-refractivity contribution in [2.45, 2.75) is 32.7 Å². The maximum atomic E-state index is 12.8. The summed E-state index contributed by atoms with van der Waals surface area (Å²) in [5, 5.41) is 6.97. The molecule has 21 heavy (non-hydrogen) atoms. The van der Waals surface area contributed by atoms with Gasteiger partial charge in [-0.2, -0.15) is 5.10 Å². The predicted octanol–water partition coefficient (Wildman–Crippen LogP) is 3.35. The third-order valence-corrected chi connectivity index (χ3v) is 6.64. The van der Waals surface area contributed by atoms with Gasteiger partial charge in [0.05, 0.1) is 31.7 Å². The standard InChI is InChI=1S/C15H19N3OS2/c1-9(2)6-10-7-11-12(8-16-10)15(20-3)21(19)14(11)13-4-5-17-18-13/h4-5,8-10H,6-7H2,1-3H3,(H,17,18). The van der Waals surface area contributed by atoms with Crippen molar-refractivity contribution < 1.29 is 4.21 Å². The van der Waals surface area contributed by atoms with Gasteiger partial charge in [0.25, 0.3) is 0 Å². The van der Waals surface area contributed by atoms with Crippen LogP contribution >= 0.6 is 11.8 Å². The van der Waals surface area contributed by atoms with E-state index < -0.39 is 10.8 Å². The highest BCUT2D eigenvalue weighted by Gasteiger charge is 2.34. The summed E-state index contributed by atoms with van der Waals surface area (Å²) in [6.07, 6.45) is 7.54. The molecule has 4 nitrogen and oxygen atoms in total. The first kappa shape index (κ1) is 14.8. The molecule has 2 unspecified atom stereocenters. The van der Waals surface area contributed by atoms with Gasteiger partial charge in [-0.15, -0.1) is 11.8 Å². The summed E-state index contributed by atoms with van der Waals surface area (Å²) in [4.78, 5) is 5.57. The molecule has 0 fully saturated rings. The minimum atomic E-state index is -1.12. The van der Waals surface area contributed by atoms with Crippen LogP contribution in [-0.2, 0) is 10.8 Å². The summed E-state index contributed by atoms with van der Waals surface area (Å²) in [7, 11) is -1.12. The van der Waals surface area contributed by atoms with Gasteiger partial charge in [-0.3, -0.25) is 10.1 Å². The lowest BCUT2D eigenvalue weighted by Crippen LogP contribution is -2.15. The average Bonchev–Trinajstić information content (AvgIpc) is 3.02. The molecule has 112 valence electrons. The van der Waals surface area contributed by atoms with E-state index in [1.54, 1.807) is 18.0 Å². The molecule has 0 aromatic carbocycles. The zero-order valence-corrected chi connectivity index (χ0v) is 14.1. The van der Waals surface area contributed by atoms with E-state index >= 15 is 0 Å². The molecule has 0 saturated carbocycles. The van der Waals surface area contributed by atoms with Gasteiger partial charge in [0.1, 0.15) is 0 Å². The summed E-state index contributed by atoms with van der Waals surface area (Å²) >= 11 is 1.55. The quantitative estimate of drug-likeness (QED) is 0.925. The monoisotopic (exact) mass is 321 g/mol. The molecule has 0 saturated heterocycles. The first-order valence-corrected chi connectivity index (χ1v) is 9.45. The number of aromatic amines is 1. The molecule has 0 aliphatic carbocycles. The third-order valence-electron chi connectivity index (χ3n) is 3.70. The van der Waals surface area contributed by atoms with Gasteiger partial charge in [-0.25, -0.2) is 4.21 Å². The average molecular weight is 321 g/mol. The molecule has 2 atom stereocenters. The second-order valence-corrected chi connectivity index (χ2v) is 8.15. The maximum absolute atomic E-state index is 12.8. The van der Waals surface area contributed by atoms with Crippen LogP contribution < -0.4 is 0 Å². The van der Waals surface area contributed by atoms with Crippen molar-refractivity contribution in [3.8, 4) is 0 Å². The Balaban J connectivity index is 2.05. The van der Waals surface area contributed by atoms with Crippen LogP contribution in [0, 0.1) is 5.92 Å². The second kappa shape index (κ2) is 5.93. The Morgan fingerprint density at radius 2 is 2.33 bits per heavy atom. The van der Waals surface area contributed by atoms with Crippen LogP contribution in [0.2, 0.25) is 0 Å². The van der Waals surface area contributed by atoms with Crippen LogP contribution in [-0.4, -0.2) is 32.9 Å². The van der Waals surface area contributed by atoms with Crippen molar-refractivity contribution >= 4 is 33.7 Å². The first-order chi connectivity index (χ1) is 10.1. The zero-order valence-electron chi connectivity index (χ0n) is 12.4. The van der Waals surface area contributed by atoms with Gasteiger partial charge >= 0.3 is 0 Å². The van der Waals surface area contributed by atoms with E-state index in [1.165, 1.54) is 5.57 Å². The lowest BCUT2D eigenvalue weighted by molar-refractivity contribution is 0.494. The van der Waals surface area contributed by atoms with E-state index in [0.29, 0.717) is 12.0 Å². The van der Waals surface area contributed by atoms with Crippen molar-refractivity contribution in [2.24, 2.45) is 10.9 Å². The number of aromatic nitrogens is 2. The lowest BCUT2D eigenvalue weighted by atomic mass is 9.91. The number of nitrogens with one attached hydrogen (secondary N) is 1. The third kappa shape index (κ3) is 2.66. The number of nitrogens with zero attached hydrogens (tertiary/aromatic N) is 2. The Hall–Kier alpha value is -1.14. The summed E-state index contributed by atoms with van der Waals surface area (Å²) in [6, 6.07) is 2.18. The molecule has 2 aliphatic heterocycles. The van der Waals surface area contributed by atoms with Gasteiger partial charge < -0.3 is 0 Å². The molecule has 0 bridgehead atoms. The molecular weight excluding hydrogens is 302 g/mol. The Bertz CT molecular complexity index is 656. The Morgan fingerprint density at radius 3 is 2.95 bits per heavy atom. The first-order valence-electron chi connectivity index (χ1n) is 7.08. The van der Waals surface area contributed by atoms with E-state index in [2.05, 4.69) is 29.0 Å². The number of fused-ring (bicyclic) bond motifs is 1.